The highest BCUT2D eigenvalue weighted by atomic mass is 32.1. The SMILES string of the molecule is CC(=O)N1c2ccccc2C[C@H]1C(=O)N1CCc2sc(-c3csc(C)n3)cc2C1. The van der Waals surface area contributed by atoms with Crippen LogP contribution in [-0.2, 0) is 29.0 Å². The first-order valence-electron chi connectivity index (χ1n) is 9.72. The number of anilines is 1. The van der Waals surface area contributed by atoms with E-state index in [1.54, 1.807) is 27.6 Å². The molecule has 2 amide bonds. The lowest BCUT2D eigenvalue weighted by Crippen LogP contribution is -2.50. The number of aryl methyl sites for hydroxylation is 1. The van der Waals surface area contributed by atoms with Gasteiger partial charge in [0.05, 0.1) is 15.6 Å². The van der Waals surface area contributed by atoms with E-state index in [0.29, 0.717) is 19.5 Å². The number of hydrogen-bond acceptors (Lipinski definition) is 5. The Morgan fingerprint density at radius 2 is 2.03 bits per heavy atom. The van der Waals surface area contributed by atoms with Crippen LogP contribution in [0.5, 0.6) is 0 Å². The number of para-hydroxylation sites is 1. The van der Waals surface area contributed by atoms with Crippen LogP contribution in [0, 0.1) is 6.92 Å². The summed E-state index contributed by atoms with van der Waals surface area (Å²) in [4.78, 5) is 36.4. The van der Waals surface area contributed by atoms with Gasteiger partial charge in [0.1, 0.15) is 6.04 Å². The van der Waals surface area contributed by atoms with Crippen molar-refractivity contribution >= 4 is 40.2 Å². The van der Waals surface area contributed by atoms with Gasteiger partial charge in [0.25, 0.3) is 0 Å². The molecule has 0 unspecified atom stereocenters. The molecule has 0 saturated carbocycles. The molecule has 1 aromatic carbocycles. The number of fused-ring (bicyclic) bond motifs is 2. The van der Waals surface area contributed by atoms with Gasteiger partial charge in [0, 0.05) is 42.4 Å². The predicted molar refractivity (Wildman–Crippen MR) is 116 cm³/mol. The third-order valence-electron chi connectivity index (χ3n) is 5.65. The minimum absolute atomic E-state index is 0.0410. The molecule has 29 heavy (non-hydrogen) atoms. The van der Waals surface area contributed by atoms with Crippen molar-refractivity contribution in [2.24, 2.45) is 0 Å². The maximum absolute atomic E-state index is 13.4. The van der Waals surface area contributed by atoms with E-state index in [1.165, 1.54) is 22.2 Å². The van der Waals surface area contributed by atoms with Crippen LogP contribution in [0.15, 0.2) is 35.7 Å². The van der Waals surface area contributed by atoms with Gasteiger partial charge in [-0.3, -0.25) is 14.5 Å². The largest absolute Gasteiger partial charge is 0.336 e. The van der Waals surface area contributed by atoms with E-state index in [1.807, 2.05) is 36.1 Å². The molecular formula is C22H21N3O2S2. The minimum Gasteiger partial charge on any atom is -0.336 e. The Kier molecular flexibility index (Phi) is 4.52. The fourth-order valence-electron chi connectivity index (χ4n) is 4.31. The molecule has 2 aliphatic rings. The Hall–Kier alpha value is -2.51. The topological polar surface area (TPSA) is 53.5 Å². The highest BCUT2D eigenvalue weighted by Gasteiger charge is 2.39. The van der Waals surface area contributed by atoms with Gasteiger partial charge in [-0.05, 0) is 36.6 Å². The fourth-order valence-corrected chi connectivity index (χ4v) is 6.12. The number of aromatic nitrogens is 1. The average molecular weight is 424 g/mol. The van der Waals surface area contributed by atoms with Gasteiger partial charge < -0.3 is 4.90 Å². The van der Waals surface area contributed by atoms with Crippen LogP contribution in [-0.4, -0.2) is 34.3 Å². The fraction of sp³-hybridized carbons (Fsp3) is 0.318. The summed E-state index contributed by atoms with van der Waals surface area (Å²) in [7, 11) is 0. The zero-order valence-electron chi connectivity index (χ0n) is 16.3. The molecule has 0 fully saturated rings. The van der Waals surface area contributed by atoms with Crippen LogP contribution < -0.4 is 4.90 Å². The molecule has 2 aliphatic heterocycles. The van der Waals surface area contributed by atoms with Gasteiger partial charge in [0.15, 0.2) is 0 Å². The van der Waals surface area contributed by atoms with Crippen LogP contribution in [0.3, 0.4) is 0 Å². The van der Waals surface area contributed by atoms with Crippen LogP contribution >= 0.6 is 22.7 Å². The Morgan fingerprint density at radius 3 is 2.79 bits per heavy atom. The van der Waals surface area contributed by atoms with Crippen molar-refractivity contribution in [1.29, 1.82) is 0 Å². The lowest BCUT2D eigenvalue weighted by atomic mass is 10.1. The Balaban J connectivity index is 1.38. The van der Waals surface area contributed by atoms with E-state index in [4.69, 9.17) is 0 Å². The van der Waals surface area contributed by atoms with Crippen LogP contribution in [0.4, 0.5) is 5.69 Å². The predicted octanol–water partition coefficient (Wildman–Crippen LogP) is 4.04. The highest BCUT2D eigenvalue weighted by Crippen LogP contribution is 2.37. The number of thiazole rings is 1. The molecule has 2 aromatic heterocycles. The molecule has 148 valence electrons. The molecule has 4 heterocycles. The van der Waals surface area contributed by atoms with Crippen molar-refractivity contribution in [3.05, 3.63) is 56.7 Å². The standard InChI is InChI=1S/C22H21N3O2S2/c1-13-23-17(12-28-13)21-10-16-11-24(8-7-20(16)29-21)22(27)19-9-15-5-3-4-6-18(15)25(19)14(2)26/h3-6,10,12,19H,7-9,11H2,1-2H3/t19-/m0/s1. The van der Waals surface area contributed by atoms with Gasteiger partial charge in [-0.15, -0.1) is 22.7 Å². The van der Waals surface area contributed by atoms with E-state index < -0.39 is 6.04 Å². The molecule has 1 atom stereocenters. The van der Waals surface area contributed by atoms with Crippen LogP contribution in [0.25, 0.3) is 10.6 Å². The number of carbonyl (C=O) groups is 2. The average Bonchev–Trinajstić information content (AvgIpc) is 3.42. The first-order valence-corrected chi connectivity index (χ1v) is 11.4. The summed E-state index contributed by atoms with van der Waals surface area (Å²) in [6.07, 6.45) is 1.44. The Bertz CT molecular complexity index is 1120. The van der Waals surface area contributed by atoms with E-state index >= 15 is 0 Å². The monoisotopic (exact) mass is 423 g/mol. The molecule has 0 radical (unpaired) electrons. The van der Waals surface area contributed by atoms with E-state index in [-0.39, 0.29) is 11.8 Å². The molecule has 5 rings (SSSR count). The Labute approximate surface area is 177 Å². The summed E-state index contributed by atoms with van der Waals surface area (Å²) in [5.74, 6) is -0.0398. The molecule has 0 spiro atoms. The second-order valence-electron chi connectivity index (χ2n) is 7.56. The highest BCUT2D eigenvalue weighted by molar-refractivity contribution is 7.16. The summed E-state index contributed by atoms with van der Waals surface area (Å²) in [6.45, 7) is 4.85. The number of nitrogens with zero attached hydrogens (tertiary/aromatic N) is 3. The van der Waals surface area contributed by atoms with Crippen molar-refractivity contribution in [2.45, 2.75) is 39.3 Å². The molecule has 3 aromatic rings. The second kappa shape index (κ2) is 7.07. The van der Waals surface area contributed by atoms with Crippen molar-refractivity contribution in [2.75, 3.05) is 11.4 Å². The lowest BCUT2D eigenvalue weighted by molar-refractivity contribution is -0.135. The maximum atomic E-state index is 13.4. The number of benzene rings is 1. The number of amides is 2. The molecule has 0 aliphatic carbocycles. The first-order chi connectivity index (χ1) is 14.0. The number of thiophene rings is 1. The van der Waals surface area contributed by atoms with Crippen molar-refractivity contribution in [1.82, 2.24) is 9.88 Å². The van der Waals surface area contributed by atoms with Gasteiger partial charge in [-0.25, -0.2) is 4.98 Å². The number of hydrogen-bond donors (Lipinski definition) is 0. The summed E-state index contributed by atoms with van der Waals surface area (Å²) in [5.41, 5.74) is 4.17. The zero-order valence-corrected chi connectivity index (χ0v) is 18.0. The lowest BCUT2D eigenvalue weighted by Gasteiger charge is -2.32. The summed E-state index contributed by atoms with van der Waals surface area (Å²) in [6, 6.07) is 9.56. The molecule has 7 heteroatoms. The van der Waals surface area contributed by atoms with E-state index in [9.17, 15) is 9.59 Å². The first kappa shape index (κ1) is 18.5. The number of rotatable bonds is 2. The van der Waals surface area contributed by atoms with Gasteiger partial charge in [-0.2, -0.15) is 0 Å². The Morgan fingerprint density at radius 1 is 1.21 bits per heavy atom. The minimum atomic E-state index is -0.439. The summed E-state index contributed by atoms with van der Waals surface area (Å²) in [5, 5.41) is 3.16. The number of carbonyl (C=O) groups excluding carboxylic acids is 2. The molecule has 0 N–H and O–H groups in total. The third kappa shape index (κ3) is 3.18. The summed E-state index contributed by atoms with van der Waals surface area (Å²) >= 11 is 3.44. The second-order valence-corrected chi connectivity index (χ2v) is 9.76. The third-order valence-corrected chi connectivity index (χ3v) is 7.68. The maximum Gasteiger partial charge on any atom is 0.246 e. The van der Waals surface area contributed by atoms with Crippen molar-refractivity contribution in [3.63, 3.8) is 0 Å². The molecule has 0 saturated heterocycles. The molecule has 5 nitrogen and oxygen atoms in total. The molecular weight excluding hydrogens is 402 g/mol. The van der Waals surface area contributed by atoms with Gasteiger partial charge in [0.2, 0.25) is 11.8 Å². The van der Waals surface area contributed by atoms with Crippen LogP contribution in [0.1, 0.15) is 27.9 Å². The van der Waals surface area contributed by atoms with E-state index in [0.717, 1.165) is 28.4 Å². The van der Waals surface area contributed by atoms with E-state index in [2.05, 4.69) is 16.4 Å². The van der Waals surface area contributed by atoms with Gasteiger partial charge in [-0.1, -0.05) is 18.2 Å². The van der Waals surface area contributed by atoms with Crippen molar-refractivity contribution < 1.29 is 9.59 Å². The smallest absolute Gasteiger partial charge is 0.246 e. The molecule has 0 bridgehead atoms. The van der Waals surface area contributed by atoms with Crippen LogP contribution in [0.2, 0.25) is 0 Å². The normalized spacial score (nSPS) is 17.9. The van der Waals surface area contributed by atoms with Crippen molar-refractivity contribution in [3.8, 4) is 10.6 Å². The van der Waals surface area contributed by atoms with Gasteiger partial charge >= 0.3 is 0 Å². The zero-order chi connectivity index (χ0) is 20.1. The summed E-state index contributed by atoms with van der Waals surface area (Å²) < 4.78 is 0. The quantitative estimate of drug-likeness (QED) is 0.625.